The van der Waals surface area contributed by atoms with E-state index in [-0.39, 0.29) is 39.3 Å². The molecule has 6 rings (SSSR count). The molecule has 5 heteroatoms. The van der Waals surface area contributed by atoms with Crippen LogP contribution in [0, 0.1) is 16.6 Å². The number of halogens is 1. The van der Waals surface area contributed by atoms with Gasteiger partial charge in [-0.3, -0.25) is 9.59 Å². The zero-order valence-electron chi connectivity index (χ0n) is 23.2. The molecule has 37 heavy (non-hydrogen) atoms. The van der Waals surface area contributed by atoms with Crippen LogP contribution in [0.25, 0.3) is 0 Å². The molecule has 2 amide bonds. The van der Waals surface area contributed by atoms with Crippen LogP contribution in [0.3, 0.4) is 0 Å². The highest BCUT2D eigenvalue weighted by Crippen LogP contribution is 2.50. The van der Waals surface area contributed by atoms with Crippen molar-refractivity contribution in [1.29, 1.82) is 0 Å². The van der Waals surface area contributed by atoms with Gasteiger partial charge in [0.25, 0.3) is 0 Å². The predicted octanol–water partition coefficient (Wildman–Crippen LogP) is 7.44. The first-order chi connectivity index (χ1) is 17.2. The number of hydrogen-bond acceptors (Lipinski definition) is 2. The van der Waals surface area contributed by atoms with E-state index in [2.05, 4.69) is 49.6 Å². The smallest absolute Gasteiger partial charge is 0.230 e. The average Bonchev–Trinajstić information content (AvgIpc) is 2.74. The number of fused-ring (bicyclic) bond motifs is 2. The predicted molar refractivity (Wildman–Crippen MR) is 147 cm³/mol. The second-order valence-electron chi connectivity index (χ2n) is 13.9. The van der Waals surface area contributed by atoms with Gasteiger partial charge in [0, 0.05) is 11.4 Å². The molecule has 0 unspecified atom stereocenters. The molecule has 2 saturated carbocycles. The summed E-state index contributed by atoms with van der Waals surface area (Å²) in [6.45, 7) is 12.7. The van der Waals surface area contributed by atoms with Gasteiger partial charge in [-0.25, -0.2) is 4.39 Å². The molecule has 0 radical (unpaired) electrons. The van der Waals surface area contributed by atoms with E-state index in [0.29, 0.717) is 5.69 Å². The molecular weight excluding hydrogens is 463 g/mol. The molecule has 2 N–H and O–H groups in total. The number of anilines is 2. The SMILES string of the molecule is CC(C)(C)c1cc2c(cc1F)NC(=O)C1(CCC1)C2.CC(C)(C)c1ccc2c(c1)CC1(CCC1)C(=O)N2. The summed E-state index contributed by atoms with van der Waals surface area (Å²) in [5.74, 6) is 0.0926. The third-order valence-corrected chi connectivity index (χ3v) is 9.11. The van der Waals surface area contributed by atoms with Gasteiger partial charge in [-0.15, -0.1) is 0 Å². The summed E-state index contributed by atoms with van der Waals surface area (Å²) in [6, 6.07) is 9.93. The van der Waals surface area contributed by atoms with Gasteiger partial charge in [-0.1, -0.05) is 72.6 Å². The highest BCUT2D eigenvalue weighted by molar-refractivity contribution is 5.99. The van der Waals surface area contributed by atoms with Crippen molar-refractivity contribution in [3.63, 3.8) is 0 Å². The minimum absolute atomic E-state index is 0.0779. The fourth-order valence-corrected chi connectivity index (χ4v) is 6.20. The van der Waals surface area contributed by atoms with E-state index >= 15 is 0 Å². The second kappa shape index (κ2) is 8.68. The van der Waals surface area contributed by atoms with Crippen LogP contribution in [0.5, 0.6) is 0 Å². The molecule has 2 aliphatic carbocycles. The highest BCUT2D eigenvalue weighted by atomic mass is 19.1. The number of nitrogens with one attached hydrogen (secondary N) is 2. The molecule has 4 aliphatic rings. The summed E-state index contributed by atoms with van der Waals surface area (Å²) in [6.07, 6.45) is 8.03. The summed E-state index contributed by atoms with van der Waals surface area (Å²) in [5, 5.41) is 5.99. The van der Waals surface area contributed by atoms with Crippen molar-refractivity contribution in [2.24, 2.45) is 10.8 Å². The summed E-state index contributed by atoms with van der Waals surface area (Å²) < 4.78 is 14.1. The zero-order valence-corrected chi connectivity index (χ0v) is 23.2. The van der Waals surface area contributed by atoms with Gasteiger partial charge in [-0.05, 0) is 83.7 Å². The molecule has 0 aromatic heterocycles. The van der Waals surface area contributed by atoms with E-state index in [4.69, 9.17) is 0 Å². The molecule has 2 aliphatic heterocycles. The van der Waals surface area contributed by atoms with Crippen molar-refractivity contribution in [1.82, 2.24) is 0 Å². The Labute approximate surface area is 220 Å². The van der Waals surface area contributed by atoms with Crippen molar-refractivity contribution >= 4 is 23.2 Å². The van der Waals surface area contributed by atoms with E-state index < -0.39 is 0 Å². The second-order valence-corrected chi connectivity index (χ2v) is 13.9. The summed E-state index contributed by atoms with van der Waals surface area (Å²) in [4.78, 5) is 24.3. The largest absolute Gasteiger partial charge is 0.325 e. The van der Waals surface area contributed by atoms with Crippen molar-refractivity contribution < 1.29 is 14.0 Å². The monoisotopic (exact) mass is 504 g/mol. The first-order valence-corrected chi connectivity index (χ1v) is 13.8. The van der Waals surface area contributed by atoms with E-state index in [1.54, 1.807) is 0 Å². The van der Waals surface area contributed by atoms with Gasteiger partial charge in [0.15, 0.2) is 0 Å². The number of benzene rings is 2. The van der Waals surface area contributed by atoms with Crippen LogP contribution < -0.4 is 10.6 Å². The highest BCUT2D eigenvalue weighted by Gasteiger charge is 2.48. The Hall–Kier alpha value is -2.69. The van der Waals surface area contributed by atoms with E-state index in [1.165, 1.54) is 23.6 Å². The van der Waals surface area contributed by atoms with Gasteiger partial charge in [0.05, 0.1) is 10.8 Å². The molecule has 0 saturated heterocycles. The van der Waals surface area contributed by atoms with Crippen LogP contribution in [0.4, 0.5) is 15.8 Å². The summed E-state index contributed by atoms with van der Waals surface area (Å²) in [7, 11) is 0. The first-order valence-electron chi connectivity index (χ1n) is 13.8. The molecule has 2 aromatic rings. The number of hydrogen-bond donors (Lipinski definition) is 2. The Kier molecular flexibility index (Phi) is 6.08. The maximum Gasteiger partial charge on any atom is 0.230 e. The van der Waals surface area contributed by atoms with Crippen LogP contribution >= 0.6 is 0 Å². The molecule has 2 spiro atoms. The van der Waals surface area contributed by atoms with Gasteiger partial charge in [0.2, 0.25) is 11.8 Å². The Morgan fingerprint density at radius 3 is 1.68 bits per heavy atom. The fourth-order valence-electron chi connectivity index (χ4n) is 6.20. The Morgan fingerprint density at radius 1 is 0.703 bits per heavy atom. The van der Waals surface area contributed by atoms with Crippen LogP contribution in [0.2, 0.25) is 0 Å². The van der Waals surface area contributed by atoms with Crippen molar-refractivity contribution in [2.45, 2.75) is 104 Å². The maximum atomic E-state index is 14.1. The third kappa shape index (κ3) is 4.59. The molecule has 2 fully saturated rings. The lowest BCUT2D eigenvalue weighted by atomic mass is 9.63. The summed E-state index contributed by atoms with van der Waals surface area (Å²) >= 11 is 0. The Bertz CT molecular complexity index is 1260. The summed E-state index contributed by atoms with van der Waals surface area (Å²) in [5.41, 5.74) is 5.84. The van der Waals surface area contributed by atoms with Crippen LogP contribution in [-0.4, -0.2) is 11.8 Å². The van der Waals surface area contributed by atoms with Gasteiger partial charge >= 0.3 is 0 Å². The van der Waals surface area contributed by atoms with Crippen molar-refractivity contribution in [3.05, 3.63) is 58.4 Å². The molecule has 0 bridgehead atoms. The van der Waals surface area contributed by atoms with E-state index in [0.717, 1.165) is 61.8 Å². The van der Waals surface area contributed by atoms with Crippen molar-refractivity contribution in [3.8, 4) is 0 Å². The van der Waals surface area contributed by atoms with Crippen LogP contribution in [-0.2, 0) is 33.3 Å². The number of carbonyl (C=O) groups excluding carboxylic acids is 2. The average molecular weight is 505 g/mol. The first kappa shape index (κ1) is 25.9. The number of carbonyl (C=O) groups is 2. The molecule has 2 aromatic carbocycles. The Balaban J connectivity index is 0.000000152. The van der Waals surface area contributed by atoms with E-state index in [9.17, 15) is 14.0 Å². The van der Waals surface area contributed by atoms with Gasteiger partial charge < -0.3 is 10.6 Å². The van der Waals surface area contributed by atoms with Crippen LogP contribution in [0.1, 0.15) is 102 Å². The molecular formula is C32H41FN2O2. The zero-order chi connectivity index (χ0) is 26.8. The van der Waals surface area contributed by atoms with Crippen molar-refractivity contribution in [2.75, 3.05) is 10.6 Å². The molecule has 0 atom stereocenters. The molecule has 4 nitrogen and oxygen atoms in total. The standard InChI is InChI=1S/C16H20FNO.C16H21NO/c1-15(2,3)11-7-10-9-16(5-4-6-16)14(19)18-13(10)8-12(11)17;1-15(2,3)12-5-6-13-11(9-12)10-16(7-4-8-16)14(18)17-13/h7-8H,4-6,9H2,1-3H3,(H,18,19);5-6,9H,4,7-8,10H2,1-3H3,(H,17,18). The van der Waals surface area contributed by atoms with Gasteiger partial charge in [0.1, 0.15) is 5.82 Å². The number of amides is 2. The quantitative estimate of drug-likeness (QED) is 0.392. The van der Waals surface area contributed by atoms with Gasteiger partial charge in [-0.2, -0.15) is 0 Å². The van der Waals surface area contributed by atoms with Crippen LogP contribution in [0.15, 0.2) is 30.3 Å². The minimum Gasteiger partial charge on any atom is -0.325 e. The van der Waals surface area contributed by atoms with E-state index in [1.807, 2.05) is 26.8 Å². The third-order valence-electron chi connectivity index (χ3n) is 9.11. The lowest BCUT2D eigenvalue weighted by Crippen LogP contribution is -2.46. The Morgan fingerprint density at radius 2 is 1.22 bits per heavy atom. The molecule has 198 valence electrons. The minimum atomic E-state index is -0.226. The maximum absolute atomic E-state index is 14.1. The fraction of sp³-hybridized carbons (Fsp3) is 0.562. The number of rotatable bonds is 0. The topological polar surface area (TPSA) is 58.2 Å². The lowest BCUT2D eigenvalue weighted by Gasteiger charge is -2.44. The normalized spacial score (nSPS) is 20.9. The molecule has 2 heterocycles. The lowest BCUT2D eigenvalue weighted by molar-refractivity contribution is -0.131.